The smallest absolute Gasteiger partial charge is 0.259 e. The van der Waals surface area contributed by atoms with Crippen molar-refractivity contribution < 1.29 is 19.1 Å². The van der Waals surface area contributed by atoms with Crippen molar-refractivity contribution in [3.05, 3.63) is 60.2 Å². The van der Waals surface area contributed by atoms with Gasteiger partial charge in [0.1, 0.15) is 5.75 Å². The molecule has 0 spiro atoms. The predicted octanol–water partition coefficient (Wildman–Crippen LogP) is 1.96. The quantitative estimate of drug-likeness (QED) is 0.663. The van der Waals surface area contributed by atoms with E-state index in [0.717, 1.165) is 0 Å². The molecule has 0 aliphatic rings. The normalized spacial score (nSPS) is 10.2. The molecule has 142 valence electrons. The highest BCUT2D eigenvalue weighted by Gasteiger charge is 2.14. The molecule has 0 saturated carbocycles. The predicted molar refractivity (Wildman–Crippen MR) is 103 cm³/mol. The van der Waals surface area contributed by atoms with Crippen molar-refractivity contribution in [2.75, 3.05) is 18.5 Å². The van der Waals surface area contributed by atoms with Gasteiger partial charge in [0, 0.05) is 11.7 Å². The van der Waals surface area contributed by atoms with Crippen LogP contribution in [0.2, 0.25) is 0 Å². The number of hydrogen-bond donors (Lipinski definition) is 3. The van der Waals surface area contributed by atoms with E-state index in [2.05, 4.69) is 16.0 Å². The third-order valence-electron chi connectivity index (χ3n) is 3.42. The van der Waals surface area contributed by atoms with Crippen molar-refractivity contribution >= 4 is 23.4 Å². The molecule has 0 aromatic heterocycles. The standard InChI is InChI=1S/C20H23N3O4/c1-14(2)22-18(24)12-21-19(25)13-27-17-11-7-6-10-16(17)20(26)23-15-8-4-3-5-9-15/h3-11,14H,12-13H2,1-2H3,(H,21,25)(H,22,24)(H,23,26). The van der Waals surface area contributed by atoms with Crippen molar-refractivity contribution in [2.24, 2.45) is 0 Å². The Morgan fingerprint density at radius 1 is 0.926 bits per heavy atom. The fraction of sp³-hybridized carbons (Fsp3) is 0.250. The van der Waals surface area contributed by atoms with Crippen LogP contribution in [0.1, 0.15) is 24.2 Å². The van der Waals surface area contributed by atoms with Gasteiger partial charge >= 0.3 is 0 Å². The van der Waals surface area contributed by atoms with Crippen LogP contribution < -0.4 is 20.7 Å². The van der Waals surface area contributed by atoms with Crippen LogP contribution in [0.25, 0.3) is 0 Å². The molecule has 2 aromatic carbocycles. The first-order valence-corrected chi connectivity index (χ1v) is 8.60. The fourth-order valence-corrected chi connectivity index (χ4v) is 2.25. The van der Waals surface area contributed by atoms with Gasteiger partial charge in [0.2, 0.25) is 5.91 Å². The van der Waals surface area contributed by atoms with Gasteiger partial charge in [-0.25, -0.2) is 0 Å². The lowest BCUT2D eigenvalue weighted by molar-refractivity contribution is -0.127. The van der Waals surface area contributed by atoms with Gasteiger partial charge in [0.05, 0.1) is 12.1 Å². The summed E-state index contributed by atoms with van der Waals surface area (Å²) in [6, 6.07) is 15.7. The molecule has 0 bridgehead atoms. The summed E-state index contributed by atoms with van der Waals surface area (Å²) in [4.78, 5) is 35.8. The Hall–Kier alpha value is -3.35. The number of amides is 3. The maximum Gasteiger partial charge on any atom is 0.259 e. The topological polar surface area (TPSA) is 96.5 Å². The largest absolute Gasteiger partial charge is 0.483 e. The molecule has 2 rings (SSSR count). The van der Waals surface area contributed by atoms with E-state index >= 15 is 0 Å². The molecule has 27 heavy (non-hydrogen) atoms. The Balaban J connectivity index is 1.90. The third kappa shape index (κ3) is 6.81. The molecule has 0 aliphatic carbocycles. The second-order valence-electron chi connectivity index (χ2n) is 6.10. The number of carbonyl (C=O) groups is 3. The zero-order valence-electron chi connectivity index (χ0n) is 15.3. The number of para-hydroxylation sites is 2. The van der Waals surface area contributed by atoms with Gasteiger partial charge in [0.25, 0.3) is 11.8 Å². The van der Waals surface area contributed by atoms with Crippen LogP contribution in [0.15, 0.2) is 54.6 Å². The molecule has 0 aliphatic heterocycles. The molecule has 0 heterocycles. The molecule has 0 radical (unpaired) electrons. The summed E-state index contributed by atoms with van der Waals surface area (Å²) in [6.07, 6.45) is 0. The van der Waals surface area contributed by atoms with Crippen LogP contribution in [-0.4, -0.2) is 36.9 Å². The molecular formula is C20H23N3O4. The maximum atomic E-state index is 12.5. The fourth-order valence-electron chi connectivity index (χ4n) is 2.25. The number of anilines is 1. The van der Waals surface area contributed by atoms with E-state index in [-0.39, 0.29) is 36.8 Å². The number of benzene rings is 2. The molecular weight excluding hydrogens is 346 g/mol. The Bertz CT molecular complexity index is 791. The number of rotatable bonds is 8. The first-order chi connectivity index (χ1) is 13.0. The molecule has 2 aromatic rings. The minimum Gasteiger partial charge on any atom is -0.483 e. The van der Waals surface area contributed by atoms with Crippen molar-refractivity contribution in [3.63, 3.8) is 0 Å². The zero-order chi connectivity index (χ0) is 19.6. The Labute approximate surface area is 158 Å². The summed E-state index contributed by atoms with van der Waals surface area (Å²) in [7, 11) is 0. The zero-order valence-corrected chi connectivity index (χ0v) is 15.3. The van der Waals surface area contributed by atoms with Crippen LogP contribution in [-0.2, 0) is 9.59 Å². The van der Waals surface area contributed by atoms with Crippen molar-refractivity contribution in [1.29, 1.82) is 0 Å². The summed E-state index contributed by atoms with van der Waals surface area (Å²) < 4.78 is 5.47. The summed E-state index contributed by atoms with van der Waals surface area (Å²) in [5.41, 5.74) is 0.970. The lowest BCUT2D eigenvalue weighted by Gasteiger charge is -2.12. The number of carbonyl (C=O) groups excluding carboxylic acids is 3. The molecule has 7 nitrogen and oxygen atoms in total. The third-order valence-corrected chi connectivity index (χ3v) is 3.42. The Morgan fingerprint density at radius 2 is 1.59 bits per heavy atom. The number of ether oxygens (including phenoxy) is 1. The van der Waals surface area contributed by atoms with Crippen LogP contribution in [0.5, 0.6) is 5.75 Å². The first-order valence-electron chi connectivity index (χ1n) is 8.60. The number of hydrogen-bond acceptors (Lipinski definition) is 4. The van der Waals surface area contributed by atoms with E-state index < -0.39 is 5.91 Å². The van der Waals surface area contributed by atoms with E-state index in [1.54, 1.807) is 36.4 Å². The monoisotopic (exact) mass is 369 g/mol. The first kappa shape index (κ1) is 20.0. The van der Waals surface area contributed by atoms with Crippen molar-refractivity contribution in [1.82, 2.24) is 10.6 Å². The molecule has 3 amide bonds. The summed E-state index contributed by atoms with van der Waals surface area (Å²) in [5.74, 6) is -0.783. The lowest BCUT2D eigenvalue weighted by atomic mass is 10.2. The van der Waals surface area contributed by atoms with Gasteiger partial charge < -0.3 is 20.7 Å². The van der Waals surface area contributed by atoms with Gasteiger partial charge in [-0.05, 0) is 38.1 Å². The highest BCUT2D eigenvalue weighted by atomic mass is 16.5. The Kier molecular flexibility index (Phi) is 7.37. The van der Waals surface area contributed by atoms with Gasteiger partial charge in [0.15, 0.2) is 6.61 Å². The van der Waals surface area contributed by atoms with E-state index in [4.69, 9.17) is 4.74 Å². The SMILES string of the molecule is CC(C)NC(=O)CNC(=O)COc1ccccc1C(=O)Nc1ccccc1. The maximum absolute atomic E-state index is 12.5. The lowest BCUT2D eigenvalue weighted by Crippen LogP contribution is -2.41. The second-order valence-corrected chi connectivity index (χ2v) is 6.10. The van der Waals surface area contributed by atoms with Gasteiger partial charge in [-0.3, -0.25) is 14.4 Å². The molecule has 3 N–H and O–H groups in total. The van der Waals surface area contributed by atoms with Crippen LogP contribution in [0.3, 0.4) is 0 Å². The minimum absolute atomic E-state index is 0.000607. The summed E-state index contributed by atoms with van der Waals surface area (Å²) in [5, 5.41) is 7.91. The Morgan fingerprint density at radius 3 is 2.30 bits per heavy atom. The number of nitrogens with one attached hydrogen (secondary N) is 3. The molecule has 7 heteroatoms. The average Bonchev–Trinajstić information content (AvgIpc) is 2.65. The average molecular weight is 369 g/mol. The van der Waals surface area contributed by atoms with E-state index in [1.165, 1.54) is 0 Å². The summed E-state index contributed by atoms with van der Waals surface area (Å²) in [6.45, 7) is 3.24. The summed E-state index contributed by atoms with van der Waals surface area (Å²) >= 11 is 0. The van der Waals surface area contributed by atoms with E-state index in [0.29, 0.717) is 11.3 Å². The van der Waals surface area contributed by atoms with E-state index in [1.807, 2.05) is 32.0 Å². The van der Waals surface area contributed by atoms with Crippen molar-refractivity contribution in [2.45, 2.75) is 19.9 Å². The highest BCUT2D eigenvalue weighted by molar-refractivity contribution is 6.06. The van der Waals surface area contributed by atoms with E-state index in [9.17, 15) is 14.4 Å². The molecule has 0 fully saturated rings. The highest BCUT2D eigenvalue weighted by Crippen LogP contribution is 2.19. The second kappa shape index (κ2) is 9.96. The van der Waals surface area contributed by atoms with Crippen molar-refractivity contribution in [3.8, 4) is 5.75 Å². The van der Waals surface area contributed by atoms with Crippen LogP contribution in [0, 0.1) is 0 Å². The molecule has 0 unspecified atom stereocenters. The molecule has 0 atom stereocenters. The van der Waals surface area contributed by atoms with Gasteiger partial charge in [-0.1, -0.05) is 30.3 Å². The molecule has 0 saturated heterocycles. The van der Waals surface area contributed by atoms with Gasteiger partial charge in [-0.15, -0.1) is 0 Å². The van der Waals surface area contributed by atoms with Gasteiger partial charge in [-0.2, -0.15) is 0 Å². The van der Waals surface area contributed by atoms with Crippen LogP contribution in [0.4, 0.5) is 5.69 Å². The van der Waals surface area contributed by atoms with Crippen LogP contribution >= 0.6 is 0 Å². The minimum atomic E-state index is -0.452.